The van der Waals surface area contributed by atoms with Crippen molar-refractivity contribution in [3.05, 3.63) is 22.4 Å². The average molecular weight is 294 g/mol. The number of ether oxygens (including phenoxy) is 1. The molecule has 2 fully saturated rings. The van der Waals surface area contributed by atoms with E-state index in [0.717, 1.165) is 32.2 Å². The molecule has 110 valence electrons. The Labute approximate surface area is 123 Å². The smallest absolute Gasteiger partial charge is 0.230 e. The summed E-state index contributed by atoms with van der Waals surface area (Å²) in [5.74, 6) is 0.249. The van der Waals surface area contributed by atoms with Crippen LogP contribution in [0.5, 0.6) is 0 Å². The maximum atomic E-state index is 13.1. The number of hydrogen-bond acceptors (Lipinski definition) is 4. The lowest BCUT2D eigenvalue weighted by atomic mass is 9.78. The molecule has 1 amide bonds. The van der Waals surface area contributed by atoms with Gasteiger partial charge < -0.3 is 15.4 Å². The van der Waals surface area contributed by atoms with E-state index in [4.69, 9.17) is 10.5 Å². The van der Waals surface area contributed by atoms with Crippen molar-refractivity contribution >= 4 is 17.2 Å². The van der Waals surface area contributed by atoms with Crippen LogP contribution < -0.4 is 5.73 Å². The van der Waals surface area contributed by atoms with Crippen LogP contribution in [0.15, 0.2) is 17.5 Å². The van der Waals surface area contributed by atoms with Crippen molar-refractivity contribution in [1.82, 2.24) is 4.90 Å². The van der Waals surface area contributed by atoms with Gasteiger partial charge >= 0.3 is 0 Å². The Balaban J connectivity index is 1.77. The first-order valence-corrected chi connectivity index (χ1v) is 8.24. The summed E-state index contributed by atoms with van der Waals surface area (Å²) in [4.78, 5) is 16.4. The minimum Gasteiger partial charge on any atom is -0.381 e. The van der Waals surface area contributed by atoms with E-state index < -0.39 is 5.41 Å². The number of carbonyl (C=O) groups excluding carboxylic acids is 1. The summed E-state index contributed by atoms with van der Waals surface area (Å²) >= 11 is 1.72. The van der Waals surface area contributed by atoms with E-state index in [1.165, 1.54) is 4.88 Å². The molecule has 1 saturated carbocycles. The van der Waals surface area contributed by atoms with Crippen molar-refractivity contribution < 1.29 is 9.53 Å². The lowest BCUT2D eigenvalue weighted by molar-refractivity contribution is -0.148. The highest BCUT2D eigenvalue weighted by molar-refractivity contribution is 7.09. The Hall–Kier alpha value is -0.910. The third-order valence-corrected chi connectivity index (χ3v) is 5.31. The van der Waals surface area contributed by atoms with Gasteiger partial charge in [0, 0.05) is 30.7 Å². The highest BCUT2D eigenvalue weighted by Gasteiger charge is 2.45. The van der Waals surface area contributed by atoms with Gasteiger partial charge in [-0.15, -0.1) is 11.3 Å². The van der Waals surface area contributed by atoms with Crippen LogP contribution in [0.2, 0.25) is 0 Å². The number of amides is 1. The van der Waals surface area contributed by atoms with Crippen molar-refractivity contribution in [2.75, 3.05) is 19.8 Å². The van der Waals surface area contributed by atoms with E-state index in [1.54, 1.807) is 11.3 Å². The summed E-state index contributed by atoms with van der Waals surface area (Å²) in [5.41, 5.74) is 5.58. The van der Waals surface area contributed by atoms with E-state index in [9.17, 15) is 4.79 Å². The fourth-order valence-electron chi connectivity index (χ4n) is 2.90. The molecule has 2 N–H and O–H groups in total. The first-order valence-electron chi connectivity index (χ1n) is 7.36. The zero-order valence-electron chi connectivity index (χ0n) is 11.7. The Kier molecular flexibility index (Phi) is 4.10. The summed E-state index contributed by atoms with van der Waals surface area (Å²) in [5, 5.41) is 2.07. The molecule has 1 saturated heterocycles. The number of hydrogen-bond donors (Lipinski definition) is 1. The Morgan fingerprint density at radius 3 is 2.75 bits per heavy atom. The van der Waals surface area contributed by atoms with Crippen LogP contribution in [0.3, 0.4) is 0 Å². The van der Waals surface area contributed by atoms with Crippen molar-refractivity contribution in [3.8, 4) is 0 Å². The fourth-order valence-corrected chi connectivity index (χ4v) is 3.60. The van der Waals surface area contributed by atoms with Crippen LogP contribution in [0.4, 0.5) is 0 Å². The maximum absolute atomic E-state index is 13.1. The van der Waals surface area contributed by atoms with Gasteiger partial charge in [-0.05, 0) is 37.1 Å². The molecule has 0 spiro atoms. The molecule has 3 rings (SSSR count). The van der Waals surface area contributed by atoms with Crippen LogP contribution in [0, 0.1) is 5.41 Å². The SMILES string of the molecule is NCC1(C(=O)N(Cc2cccs2)C2CC2)CCOCC1. The van der Waals surface area contributed by atoms with Gasteiger partial charge in [-0.1, -0.05) is 6.07 Å². The van der Waals surface area contributed by atoms with Crippen LogP contribution >= 0.6 is 11.3 Å². The zero-order chi connectivity index (χ0) is 14.0. The van der Waals surface area contributed by atoms with Gasteiger partial charge in [0.2, 0.25) is 5.91 Å². The van der Waals surface area contributed by atoms with Gasteiger partial charge in [-0.25, -0.2) is 0 Å². The molecule has 0 aromatic carbocycles. The molecular formula is C15H22N2O2S. The van der Waals surface area contributed by atoms with E-state index in [-0.39, 0.29) is 5.91 Å². The number of thiophene rings is 1. The van der Waals surface area contributed by atoms with Gasteiger partial charge in [-0.2, -0.15) is 0 Å². The van der Waals surface area contributed by atoms with Crippen LogP contribution in [-0.2, 0) is 16.1 Å². The molecule has 5 heteroatoms. The quantitative estimate of drug-likeness (QED) is 0.903. The Morgan fingerprint density at radius 2 is 2.20 bits per heavy atom. The van der Waals surface area contributed by atoms with E-state index >= 15 is 0 Å². The molecule has 1 aliphatic heterocycles. The molecule has 0 unspecified atom stereocenters. The van der Waals surface area contributed by atoms with Crippen LogP contribution in [0.25, 0.3) is 0 Å². The molecule has 2 aliphatic rings. The molecule has 0 atom stereocenters. The molecule has 0 radical (unpaired) electrons. The van der Waals surface area contributed by atoms with Crippen molar-refractivity contribution in [1.29, 1.82) is 0 Å². The molecular weight excluding hydrogens is 272 g/mol. The van der Waals surface area contributed by atoms with Gasteiger partial charge in [0.1, 0.15) is 0 Å². The lowest BCUT2D eigenvalue weighted by Crippen LogP contribution is -2.51. The molecule has 1 aliphatic carbocycles. The standard InChI is InChI=1S/C15H22N2O2S/c16-11-15(5-7-19-8-6-15)14(18)17(12-3-4-12)10-13-2-1-9-20-13/h1-2,9,12H,3-8,10-11,16H2. The third kappa shape index (κ3) is 2.75. The normalized spacial score (nSPS) is 21.6. The minimum absolute atomic E-state index is 0.249. The first-order chi connectivity index (χ1) is 9.75. The molecule has 4 nitrogen and oxygen atoms in total. The molecule has 20 heavy (non-hydrogen) atoms. The number of nitrogens with two attached hydrogens (primary N) is 1. The second-order valence-corrected chi connectivity index (χ2v) is 6.87. The van der Waals surface area contributed by atoms with Gasteiger partial charge in [0.15, 0.2) is 0 Å². The fraction of sp³-hybridized carbons (Fsp3) is 0.667. The van der Waals surface area contributed by atoms with Gasteiger partial charge in [-0.3, -0.25) is 4.79 Å². The third-order valence-electron chi connectivity index (χ3n) is 4.45. The molecule has 0 bridgehead atoms. The summed E-state index contributed by atoms with van der Waals surface area (Å²) in [7, 11) is 0. The Morgan fingerprint density at radius 1 is 1.45 bits per heavy atom. The number of nitrogens with zero attached hydrogens (tertiary/aromatic N) is 1. The second-order valence-electron chi connectivity index (χ2n) is 5.84. The van der Waals surface area contributed by atoms with E-state index in [0.29, 0.717) is 25.8 Å². The van der Waals surface area contributed by atoms with Crippen LogP contribution in [0.1, 0.15) is 30.6 Å². The van der Waals surface area contributed by atoms with E-state index in [2.05, 4.69) is 16.3 Å². The summed E-state index contributed by atoms with van der Waals surface area (Å²) in [6, 6.07) is 4.57. The Bertz CT molecular complexity index is 450. The topological polar surface area (TPSA) is 55.6 Å². The highest BCUT2D eigenvalue weighted by atomic mass is 32.1. The minimum atomic E-state index is -0.391. The monoisotopic (exact) mass is 294 g/mol. The summed E-state index contributed by atoms with van der Waals surface area (Å²) in [6.45, 7) is 2.48. The number of carbonyl (C=O) groups is 1. The van der Waals surface area contributed by atoms with Gasteiger partial charge in [0.25, 0.3) is 0 Å². The predicted octanol–water partition coefficient (Wildman–Crippen LogP) is 1.99. The van der Waals surface area contributed by atoms with Crippen molar-refractivity contribution in [2.24, 2.45) is 11.1 Å². The highest BCUT2D eigenvalue weighted by Crippen LogP contribution is 2.37. The van der Waals surface area contributed by atoms with Gasteiger partial charge in [0.05, 0.1) is 12.0 Å². The average Bonchev–Trinajstić information content (AvgIpc) is 3.21. The summed E-state index contributed by atoms with van der Waals surface area (Å²) < 4.78 is 5.41. The lowest BCUT2D eigenvalue weighted by Gasteiger charge is -2.39. The maximum Gasteiger partial charge on any atom is 0.230 e. The molecule has 1 aromatic heterocycles. The van der Waals surface area contributed by atoms with Crippen LogP contribution in [-0.4, -0.2) is 36.6 Å². The molecule has 1 aromatic rings. The largest absolute Gasteiger partial charge is 0.381 e. The molecule has 2 heterocycles. The van der Waals surface area contributed by atoms with Crippen molar-refractivity contribution in [2.45, 2.75) is 38.3 Å². The predicted molar refractivity (Wildman–Crippen MR) is 79.4 cm³/mol. The van der Waals surface area contributed by atoms with E-state index in [1.807, 2.05) is 6.07 Å². The van der Waals surface area contributed by atoms with Crippen molar-refractivity contribution in [3.63, 3.8) is 0 Å². The number of rotatable bonds is 5. The zero-order valence-corrected chi connectivity index (χ0v) is 12.5. The summed E-state index contributed by atoms with van der Waals surface area (Å²) in [6.07, 6.45) is 3.79. The second kappa shape index (κ2) is 5.84. The first kappa shape index (κ1) is 14.0.